The highest BCUT2D eigenvalue weighted by molar-refractivity contribution is 5.45. The van der Waals surface area contributed by atoms with Crippen LogP contribution in [0.3, 0.4) is 0 Å². The second-order valence-corrected chi connectivity index (χ2v) is 5.20. The van der Waals surface area contributed by atoms with Crippen molar-refractivity contribution < 1.29 is 18.6 Å². The molecule has 1 aromatic heterocycles. The van der Waals surface area contributed by atoms with E-state index in [0.29, 0.717) is 18.0 Å². The fourth-order valence-electron chi connectivity index (χ4n) is 2.13. The normalized spacial score (nSPS) is 12.6. The molecule has 0 saturated heterocycles. The molecule has 22 heavy (non-hydrogen) atoms. The molecule has 1 atom stereocenters. The van der Waals surface area contributed by atoms with Crippen molar-refractivity contribution in [3.63, 3.8) is 0 Å². The summed E-state index contributed by atoms with van der Waals surface area (Å²) in [5.74, 6) is 0.515. The third-order valence-corrected chi connectivity index (χ3v) is 3.49. The Kier molecular flexibility index (Phi) is 5.43. The molecule has 2 rings (SSSR count). The van der Waals surface area contributed by atoms with E-state index in [-0.39, 0.29) is 12.4 Å². The summed E-state index contributed by atoms with van der Waals surface area (Å²) in [6.07, 6.45) is 3.29. The van der Waals surface area contributed by atoms with Crippen LogP contribution in [0.5, 0.6) is 5.75 Å². The number of rotatable bonds is 7. The van der Waals surface area contributed by atoms with Gasteiger partial charge in [0.15, 0.2) is 0 Å². The maximum Gasteiger partial charge on any atom is 0.387 e. The van der Waals surface area contributed by atoms with Gasteiger partial charge in [-0.25, -0.2) is 4.68 Å². The van der Waals surface area contributed by atoms with E-state index in [4.69, 9.17) is 5.11 Å². The zero-order valence-corrected chi connectivity index (χ0v) is 12.5. The molecule has 0 amide bonds. The first-order chi connectivity index (χ1) is 10.5. The van der Waals surface area contributed by atoms with Gasteiger partial charge in [-0.15, -0.1) is 5.10 Å². The first-order valence-electron chi connectivity index (χ1n) is 7.13. The Morgan fingerprint density at radius 2 is 2.14 bits per heavy atom. The molecule has 0 radical (unpaired) electrons. The molecule has 0 saturated carbocycles. The van der Waals surface area contributed by atoms with Gasteiger partial charge in [0, 0.05) is 0 Å². The highest BCUT2D eigenvalue weighted by Gasteiger charge is 2.13. The molecule has 2 aromatic rings. The van der Waals surface area contributed by atoms with Crippen LogP contribution in [-0.4, -0.2) is 26.7 Å². The van der Waals surface area contributed by atoms with Crippen molar-refractivity contribution in [2.75, 3.05) is 0 Å². The Balaban J connectivity index is 2.37. The SMILES string of the molecule is CCC(C)Cc1cc(OC(F)F)ccc1-n1cc(CO)nn1. The number of ether oxygens (including phenoxy) is 1. The number of hydrogen-bond donors (Lipinski definition) is 1. The van der Waals surface area contributed by atoms with E-state index < -0.39 is 6.61 Å². The Bertz CT molecular complexity index is 617. The second kappa shape index (κ2) is 7.31. The third-order valence-electron chi connectivity index (χ3n) is 3.49. The van der Waals surface area contributed by atoms with E-state index >= 15 is 0 Å². The van der Waals surface area contributed by atoms with Crippen molar-refractivity contribution in [2.45, 2.75) is 39.9 Å². The third kappa shape index (κ3) is 4.00. The Morgan fingerprint density at radius 3 is 2.73 bits per heavy atom. The molecule has 0 aliphatic rings. The minimum absolute atomic E-state index is 0.125. The van der Waals surface area contributed by atoms with Crippen LogP contribution in [0.15, 0.2) is 24.4 Å². The van der Waals surface area contributed by atoms with Crippen LogP contribution in [0.4, 0.5) is 8.78 Å². The molecule has 7 heteroatoms. The lowest BCUT2D eigenvalue weighted by Crippen LogP contribution is -2.07. The average Bonchev–Trinajstić information content (AvgIpc) is 2.95. The zero-order chi connectivity index (χ0) is 16.1. The average molecular weight is 311 g/mol. The van der Waals surface area contributed by atoms with Gasteiger partial charge in [-0.05, 0) is 36.1 Å². The van der Waals surface area contributed by atoms with Gasteiger partial charge in [0.05, 0.1) is 18.5 Å². The number of nitrogens with zero attached hydrogens (tertiary/aromatic N) is 3. The molecule has 1 heterocycles. The fraction of sp³-hybridized carbons (Fsp3) is 0.467. The van der Waals surface area contributed by atoms with Crippen molar-refractivity contribution in [1.29, 1.82) is 0 Å². The van der Waals surface area contributed by atoms with Crippen LogP contribution in [0.25, 0.3) is 5.69 Å². The summed E-state index contributed by atoms with van der Waals surface area (Å²) in [7, 11) is 0. The molecule has 0 fully saturated rings. The molecule has 0 spiro atoms. The number of aromatic nitrogens is 3. The summed E-state index contributed by atoms with van der Waals surface area (Å²) in [6.45, 7) is 1.11. The number of aliphatic hydroxyl groups is 1. The largest absolute Gasteiger partial charge is 0.435 e. The minimum atomic E-state index is -2.85. The highest BCUT2D eigenvalue weighted by Crippen LogP contribution is 2.25. The van der Waals surface area contributed by atoms with Crippen LogP contribution in [0, 0.1) is 5.92 Å². The standard InChI is InChI=1S/C15H19F2N3O2/c1-3-10(2)6-11-7-13(22-15(16)17)4-5-14(11)20-8-12(9-21)18-19-20/h4-5,7-8,10,15,21H,3,6,9H2,1-2H3. The summed E-state index contributed by atoms with van der Waals surface area (Å²) in [6, 6.07) is 4.75. The van der Waals surface area contributed by atoms with E-state index in [1.165, 1.54) is 10.7 Å². The molecular formula is C15H19F2N3O2. The van der Waals surface area contributed by atoms with E-state index in [2.05, 4.69) is 28.9 Å². The summed E-state index contributed by atoms with van der Waals surface area (Å²) in [4.78, 5) is 0. The lowest BCUT2D eigenvalue weighted by Gasteiger charge is -2.15. The zero-order valence-electron chi connectivity index (χ0n) is 12.5. The predicted molar refractivity (Wildman–Crippen MR) is 77.1 cm³/mol. The number of halogens is 2. The second-order valence-electron chi connectivity index (χ2n) is 5.20. The summed E-state index contributed by atoms with van der Waals surface area (Å²) < 4.78 is 30.8. The molecule has 0 aliphatic carbocycles. The monoisotopic (exact) mass is 311 g/mol. The quantitative estimate of drug-likeness (QED) is 0.854. The molecule has 1 N–H and O–H groups in total. The van der Waals surface area contributed by atoms with Crippen LogP contribution in [-0.2, 0) is 13.0 Å². The van der Waals surface area contributed by atoms with Gasteiger partial charge in [-0.3, -0.25) is 0 Å². The summed E-state index contributed by atoms with van der Waals surface area (Å²) in [5, 5.41) is 16.9. The molecule has 120 valence electrons. The van der Waals surface area contributed by atoms with Gasteiger partial charge >= 0.3 is 6.61 Å². The van der Waals surface area contributed by atoms with Crippen molar-refractivity contribution in [3.8, 4) is 11.4 Å². The number of aliphatic hydroxyl groups excluding tert-OH is 1. The van der Waals surface area contributed by atoms with Gasteiger partial charge in [0.1, 0.15) is 11.4 Å². The van der Waals surface area contributed by atoms with Gasteiger partial charge in [-0.1, -0.05) is 25.5 Å². The lowest BCUT2D eigenvalue weighted by atomic mass is 9.97. The molecule has 5 nitrogen and oxygen atoms in total. The van der Waals surface area contributed by atoms with Crippen molar-refractivity contribution in [1.82, 2.24) is 15.0 Å². The lowest BCUT2D eigenvalue weighted by molar-refractivity contribution is -0.0498. The summed E-state index contributed by atoms with van der Waals surface area (Å²) in [5.41, 5.74) is 2.04. The van der Waals surface area contributed by atoms with Crippen molar-refractivity contribution in [3.05, 3.63) is 35.7 Å². The van der Waals surface area contributed by atoms with Crippen LogP contribution >= 0.6 is 0 Å². The molecule has 1 unspecified atom stereocenters. The van der Waals surface area contributed by atoms with Gasteiger partial charge < -0.3 is 9.84 Å². The molecular weight excluding hydrogens is 292 g/mol. The van der Waals surface area contributed by atoms with Gasteiger partial charge in [0.25, 0.3) is 0 Å². The van der Waals surface area contributed by atoms with Crippen LogP contribution in [0.1, 0.15) is 31.5 Å². The van der Waals surface area contributed by atoms with E-state index in [0.717, 1.165) is 17.7 Å². The van der Waals surface area contributed by atoms with Gasteiger partial charge in [-0.2, -0.15) is 8.78 Å². The Morgan fingerprint density at radius 1 is 1.36 bits per heavy atom. The fourth-order valence-corrected chi connectivity index (χ4v) is 2.13. The van der Waals surface area contributed by atoms with Crippen molar-refractivity contribution in [2.24, 2.45) is 5.92 Å². The van der Waals surface area contributed by atoms with Crippen molar-refractivity contribution >= 4 is 0 Å². The summed E-state index contributed by atoms with van der Waals surface area (Å²) >= 11 is 0. The Labute approximate surface area is 127 Å². The topological polar surface area (TPSA) is 60.2 Å². The Hall–Kier alpha value is -2.02. The molecule has 0 aliphatic heterocycles. The van der Waals surface area contributed by atoms with E-state index in [9.17, 15) is 8.78 Å². The molecule has 1 aromatic carbocycles. The first-order valence-corrected chi connectivity index (χ1v) is 7.13. The smallest absolute Gasteiger partial charge is 0.387 e. The van der Waals surface area contributed by atoms with Crippen LogP contribution in [0.2, 0.25) is 0 Å². The van der Waals surface area contributed by atoms with E-state index in [1.807, 2.05) is 0 Å². The number of hydrogen-bond acceptors (Lipinski definition) is 4. The minimum Gasteiger partial charge on any atom is -0.435 e. The van der Waals surface area contributed by atoms with Gasteiger partial charge in [0.2, 0.25) is 0 Å². The number of alkyl halides is 2. The maximum absolute atomic E-state index is 12.4. The highest BCUT2D eigenvalue weighted by atomic mass is 19.3. The predicted octanol–water partition coefficient (Wildman–Crippen LogP) is 2.95. The maximum atomic E-state index is 12.4. The van der Waals surface area contributed by atoms with E-state index in [1.54, 1.807) is 18.3 Å². The number of benzene rings is 1. The first kappa shape index (κ1) is 16.4. The molecule has 0 bridgehead atoms. The van der Waals surface area contributed by atoms with Crippen LogP contribution < -0.4 is 4.74 Å².